The van der Waals surface area contributed by atoms with Crippen LogP contribution in [0.4, 0.5) is 0 Å². The molecule has 1 heterocycles. The number of phenolic OH excluding ortho intramolecular Hbond substituents is 1. The van der Waals surface area contributed by atoms with E-state index < -0.39 is 0 Å². The van der Waals surface area contributed by atoms with Gasteiger partial charge < -0.3 is 15.1 Å². The molecule has 1 fully saturated rings. The third kappa shape index (κ3) is 3.87. The SMILES string of the molecule is C=C1SC(c2cc(C(C)(C)C)c(O)c(C(C)(C)C)c2)C(=O)N1CCO. The number of nitrogens with zero attached hydrogens (tertiary/aromatic N) is 1. The number of carbonyl (C=O) groups excluding carboxylic acids is 1. The predicted molar refractivity (Wildman–Crippen MR) is 104 cm³/mol. The van der Waals surface area contributed by atoms with Crippen LogP contribution in [0.15, 0.2) is 23.7 Å². The van der Waals surface area contributed by atoms with E-state index in [1.165, 1.54) is 16.7 Å². The van der Waals surface area contributed by atoms with Gasteiger partial charge in [0, 0.05) is 6.54 Å². The summed E-state index contributed by atoms with van der Waals surface area (Å²) in [4.78, 5) is 14.3. The molecule has 0 radical (unpaired) electrons. The van der Waals surface area contributed by atoms with Crippen molar-refractivity contribution in [3.05, 3.63) is 40.4 Å². The summed E-state index contributed by atoms with van der Waals surface area (Å²) in [7, 11) is 0. The minimum absolute atomic E-state index is 0.0607. The molecule has 2 rings (SSSR count). The first-order valence-electron chi connectivity index (χ1n) is 8.53. The largest absolute Gasteiger partial charge is 0.507 e. The number of rotatable bonds is 3. The van der Waals surface area contributed by atoms with Crippen molar-refractivity contribution in [2.24, 2.45) is 0 Å². The number of benzene rings is 1. The number of β-amino-alcohol motifs (C(OH)–C–C–N with tert-alkyl or cyclic N) is 1. The summed E-state index contributed by atoms with van der Waals surface area (Å²) in [6.07, 6.45) is 0. The molecule has 1 unspecified atom stereocenters. The molecule has 0 bridgehead atoms. The number of aliphatic hydroxyl groups is 1. The number of thioether (sulfide) groups is 1. The summed E-state index contributed by atoms with van der Waals surface area (Å²) in [6.45, 7) is 16.4. The molecule has 0 aliphatic carbocycles. The van der Waals surface area contributed by atoms with Gasteiger partial charge in [0.15, 0.2) is 0 Å². The fourth-order valence-electron chi connectivity index (χ4n) is 3.01. The highest BCUT2D eigenvalue weighted by atomic mass is 32.2. The number of carbonyl (C=O) groups is 1. The number of aromatic hydroxyl groups is 1. The van der Waals surface area contributed by atoms with Gasteiger partial charge in [-0.15, -0.1) is 0 Å². The minimum Gasteiger partial charge on any atom is -0.507 e. The highest BCUT2D eigenvalue weighted by molar-refractivity contribution is 8.04. The molecule has 5 heteroatoms. The second kappa shape index (κ2) is 6.69. The lowest BCUT2D eigenvalue weighted by atomic mass is 9.78. The Balaban J connectivity index is 2.59. The average molecular weight is 364 g/mol. The van der Waals surface area contributed by atoms with E-state index in [0.29, 0.717) is 10.8 Å². The Bertz CT molecular complexity index is 663. The summed E-state index contributed by atoms with van der Waals surface area (Å²) < 4.78 is 0. The van der Waals surface area contributed by atoms with Gasteiger partial charge in [0.2, 0.25) is 5.91 Å². The monoisotopic (exact) mass is 363 g/mol. The molecule has 1 aromatic rings. The highest BCUT2D eigenvalue weighted by Crippen LogP contribution is 2.48. The number of hydrogen-bond donors (Lipinski definition) is 2. The lowest BCUT2D eigenvalue weighted by Gasteiger charge is -2.29. The molecular weight excluding hydrogens is 334 g/mol. The molecule has 0 aromatic heterocycles. The van der Waals surface area contributed by atoms with E-state index in [9.17, 15) is 15.0 Å². The van der Waals surface area contributed by atoms with Crippen molar-refractivity contribution in [3.8, 4) is 5.75 Å². The maximum Gasteiger partial charge on any atom is 0.245 e. The molecule has 1 aliphatic rings. The van der Waals surface area contributed by atoms with E-state index in [1.807, 2.05) is 12.1 Å². The average Bonchev–Trinajstić information content (AvgIpc) is 2.73. The topological polar surface area (TPSA) is 60.8 Å². The van der Waals surface area contributed by atoms with E-state index in [-0.39, 0.29) is 35.1 Å². The van der Waals surface area contributed by atoms with Crippen molar-refractivity contribution in [3.63, 3.8) is 0 Å². The highest BCUT2D eigenvalue weighted by Gasteiger charge is 2.38. The Labute approximate surface area is 154 Å². The van der Waals surface area contributed by atoms with Gasteiger partial charge in [0.25, 0.3) is 0 Å². The molecule has 4 nitrogen and oxygen atoms in total. The summed E-state index contributed by atoms with van der Waals surface area (Å²) in [6, 6.07) is 3.88. The van der Waals surface area contributed by atoms with Gasteiger partial charge in [-0.2, -0.15) is 0 Å². The number of amides is 1. The van der Waals surface area contributed by atoms with Gasteiger partial charge in [0.05, 0.1) is 11.6 Å². The van der Waals surface area contributed by atoms with Crippen molar-refractivity contribution in [1.82, 2.24) is 4.90 Å². The third-order valence-electron chi connectivity index (χ3n) is 4.42. The minimum atomic E-state index is -0.387. The molecule has 1 saturated heterocycles. The van der Waals surface area contributed by atoms with Gasteiger partial charge >= 0.3 is 0 Å². The van der Waals surface area contributed by atoms with Gasteiger partial charge in [0.1, 0.15) is 11.0 Å². The van der Waals surface area contributed by atoms with Crippen LogP contribution in [0.1, 0.15) is 63.5 Å². The summed E-state index contributed by atoms with van der Waals surface area (Å²) in [5.41, 5.74) is 2.08. The van der Waals surface area contributed by atoms with Crippen molar-refractivity contribution in [2.75, 3.05) is 13.2 Å². The Morgan fingerprint density at radius 3 is 2.00 bits per heavy atom. The molecule has 1 aromatic carbocycles. The van der Waals surface area contributed by atoms with E-state index >= 15 is 0 Å². The predicted octanol–water partition coefficient (Wildman–Crippen LogP) is 4.07. The molecule has 1 amide bonds. The standard InChI is InChI=1S/C20H29NO3S/c1-12-21(8-9-22)18(24)17(25-12)13-10-14(19(2,3)4)16(23)15(11-13)20(5,6)7/h10-11,17,22-23H,1,8-9H2,2-7H3. The quantitative estimate of drug-likeness (QED) is 0.850. The number of hydrogen-bond acceptors (Lipinski definition) is 4. The molecule has 1 aliphatic heterocycles. The maximum atomic E-state index is 12.8. The zero-order chi connectivity index (χ0) is 19.2. The molecule has 2 N–H and O–H groups in total. The van der Waals surface area contributed by atoms with Crippen LogP contribution in [0.25, 0.3) is 0 Å². The van der Waals surface area contributed by atoms with E-state index in [0.717, 1.165) is 16.7 Å². The fraction of sp³-hybridized carbons (Fsp3) is 0.550. The van der Waals surface area contributed by atoms with Crippen LogP contribution in [0, 0.1) is 0 Å². The molecule has 25 heavy (non-hydrogen) atoms. The molecule has 0 saturated carbocycles. The van der Waals surface area contributed by atoms with Gasteiger partial charge in [-0.25, -0.2) is 0 Å². The Hall–Kier alpha value is -1.46. The second-order valence-corrected chi connectivity index (χ2v) is 9.75. The molecule has 138 valence electrons. The zero-order valence-corrected chi connectivity index (χ0v) is 16.8. The molecular formula is C20H29NO3S. The van der Waals surface area contributed by atoms with Crippen molar-refractivity contribution < 1.29 is 15.0 Å². The normalized spacial score (nSPS) is 19.0. The third-order valence-corrected chi connectivity index (χ3v) is 5.62. The summed E-state index contributed by atoms with van der Waals surface area (Å²) in [5, 5.41) is 20.3. The van der Waals surface area contributed by atoms with E-state index in [1.54, 1.807) is 0 Å². The molecule has 0 spiro atoms. The second-order valence-electron chi connectivity index (χ2n) is 8.57. The lowest BCUT2D eigenvalue weighted by molar-refractivity contribution is -0.127. The van der Waals surface area contributed by atoms with Crippen LogP contribution in [0.2, 0.25) is 0 Å². The zero-order valence-electron chi connectivity index (χ0n) is 16.0. The van der Waals surface area contributed by atoms with E-state index in [4.69, 9.17) is 0 Å². The van der Waals surface area contributed by atoms with E-state index in [2.05, 4.69) is 48.1 Å². The van der Waals surface area contributed by atoms with Crippen LogP contribution in [-0.4, -0.2) is 34.2 Å². The first-order valence-corrected chi connectivity index (χ1v) is 9.41. The van der Waals surface area contributed by atoms with Gasteiger partial charge in [-0.1, -0.05) is 59.9 Å². The van der Waals surface area contributed by atoms with Gasteiger partial charge in [-0.05, 0) is 39.7 Å². The smallest absolute Gasteiger partial charge is 0.245 e. The lowest BCUT2D eigenvalue weighted by Crippen LogP contribution is -2.28. The van der Waals surface area contributed by atoms with Crippen molar-refractivity contribution in [2.45, 2.75) is 57.6 Å². The molecule has 1 atom stereocenters. The number of aliphatic hydroxyl groups excluding tert-OH is 1. The van der Waals surface area contributed by atoms with Gasteiger partial charge in [-0.3, -0.25) is 4.79 Å². The van der Waals surface area contributed by atoms with Crippen LogP contribution >= 0.6 is 11.8 Å². The first kappa shape index (κ1) is 19.9. The number of phenols is 1. The Morgan fingerprint density at radius 2 is 1.60 bits per heavy atom. The summed E-state index contributed by atoms with van der Waals surface area (Å²) in [5.74, 6) is 0.250. The Kier molecular flexibility index (Phi) is 5.31. The van der Waals surface area contributed by atoms with Crippen LogP contribution in [0.3, 0.4) is 0 Å². The van der Waals surface area contributed by atoms with Crippen LogP contribution in [-0.2, 0) is 15.6 Å². The van der Waals surface area contributed by atoms with Crippen molar-refractivity contribution in [1.29, 1.82) is 0 Å². The maximum absolute atomic E-state index is 12.8. The van der Waals surface area contributed by atoms with Crippen LogP contribution < -0.4 is 0 Å². The summed E-state index contributed by atoms with van der Waals surface area (Å²) >= 11 is 1.41. The fourth-order valence-corrected chi connectivity index (χ4v) is 4.09. The van der Waals surface area contributed by atoms with Crippen LogP contribution in [0.5, 0.6) is 5.75 Å². The first-order chi connectivity index (χ1) is 11.4. The Morgan fingerprint density at radius 1 is 1.12 bits per heavy atom. The van der Waals surface area contributed by atoms with Crippen molar-refractivity contribution >= 4 is 17.7 Å².